The molecule has 0 saturated carbocycles. The molecule has 1 aromatic rings. The molecule has 19 heavy (non-hydrogen) atoms. The molecule has 1 N–H and O–H groups in total. The van der Waals surface area contributed by atoms with Crippen molar-refractivity contribution in [2.75, 3.05) is 27.3 Å². The molecule has 0 radical (unpaired) electrons. The number of likely N-dealkylation sites (N-methyl/N-ethyl adjacent to an activating group) is 1. The SMILES string of the molecule is COCCN(C)Cc1cc(CNC(C)(C)C)c(C)o1. The third kappa shape index (κ3) is 6.23. The Morgan fingerprint density at radius 1 is 1.37 bits per heavy atom. The van der Waals surface area contributed by atoms with Gasteiger partial charge < -0.3 is 14.5 Å². The molecule has 0 fully saturated rings. The first kappa shape index (κ1) is 16.2. The fraction of sp³-hybridized carbons (Fsp3) is 0.733. The molecule has 0 spiro atoms. The van der Waals surface area contributed by atoms with Crippen molar-refractivity contribution < 1.29 is 9.15 Å². The molecule has 0 aliphatic carbocycles. The summed E-state index contributed by atoms with van der Waals surface area (Å²) in [7, 11) is 3.80. The summed E-state index contributed by atoms with van der Waals surface area (Å²) in [6, 6.07) is 2.15. The summed E-state index contributed by atoms with van der Waals surface area (Å²) in [5.74, 6) is 2.02. The monoisotopic (exact) mass is 268 g/mol. The lowest BCUT2D eigenvalue weighted by Gasteiger charge is -2.20. The highest BCUT2D eigenvalue weighted by Crippen LogP contribution is 2.16. The van der Waals surface area contributed by atoms with Gasteiger partial charge in [0.1, 0.15) is 11.5 Å². The van der Waals surface area contributed by atoms with Crippen molar-refractivity contribution in [1.82, 2.24) is 10.2 Å². The van der Waals surface area contributed by atoms with Crippen LogP contribution in [0.4, 0.5) is 0 Å². The van der Waals surface area contributed by atoms with Crippen LogP contribution in [0.5, 0.6) is 0 Å². The largest absolute Gasteiger partial charge is 0.465 e. The summed E-state index contributed by atoms with van der Waals surface area (Å²) in [6.45, 7) is 11.9. The van der Waals surface area contributed by atoms with Crippen LogP contribution < -0.4 is 5.32 Å². The van der Waals surface area contributed by atoms with Crippen molar-refractivity contribution in [3.05, 3.63) is 23.2 Å². The van der Waals surface area contributed by atoms with Gasteiger partial charge in [-0.15, -0.1) is 0 Å². The highest BCUT2D eigenvalue weighted by Gasteiger charge is 2.13. The highest BCUT2D eigenvalue weighted by atomic mass is 16.5. The predicted octanol–water partition coefficient (Wildman–Crippen LogP) is 2.55. The average molecular weight is 268 g/mol. The minimum atomic E-state index is 0.124. The Bertz CT molecular complexity index is 380. The van der Waals surface area contributed by atoms with Gasteiger partial charge in [0.05, 0.1) is 13.2 Å². The van der Waals surface area contributed by atoms with Crippen molar-refractivity contribution >= 4 is 0 Å². The van der Waals surface area contributed by atoms with E-state index in [0.717, 1.165) is 37.8 Å². The Balaban J connectivity index is 2.53. The summed E-state index contributed by atoms with van der Waals surface area (Å²) in [5.41, 5.74) is 1.36. The first-order valence-corrected chi connectivity index (χ1v) is 6.82. The molecule has 110 valence electrons. The Kier molecular flexibility index (Phi) is 6.04. The first-order valence-electron chi connectivity index (χ1n) is 6.82. The van der Waals surface area contributed by atoms with Gasteiger partial charge in [-0.1, -0.05) is 0 Å². The van der Waals surface area contributed by atoms with Gasteiger partial charge in [-0.25, -0.2) is 0 Å². The number of aryl methyl sites for hydroxylation is 1. The predicted molar refractivity (Wildman–Crippen MR) is 78.2 cm³/mol. The molecule has 1 rings (SSSR count). The number of methoxy groups -OCH3 is 1. The van der Waals surface area contributed by atoms with E-state index in [9.17, 15) is 0 Å². The normalized spacial score (nSPS) is 12.4. The summed E-state index contributed by atoms with van der Waals surface area (Å²) < 4.78 is 10.9. The van der Waals surface area contributed by atoms with Crippen LogP contribution in [0, 0.1) is 6.92 Å². The third-order valence-corrected chi connectivity index (χ3v) is 2.98. The summed E-state index contributed by atoms with van der Waals surface area (Å²) >= 11 is 0. The van der Waals surface area contributed by atoms with E-state index >= 15 is 0 Å². The van der Waals surface area contributed by atoms with E-state index in [1.165, 1.54) is 5.56 Å². The molecule has 0 aromatic carbocycles. The minimum Gasteiger partial charge on any atom is -0.465 e. The average Bonchev–Trinajstić information content (AvgIpc) is 2.63. The zero-order valence-corrected chi connectivity index (χ0v) is 13.2. The van der Waals surface area contributed by atoms with Crippen molar-refractivity contribution in [1.29, 1.82) is 0 Å². The van der Waals surface area contributed by atoms with Gasteiger partial charge in [0.25, 0.3) is 0 Å². The molecular formula is C15H28N2O2. The number of furan rings is 1. The van der Waals surface area contributed by atoms with Crippen LogP contribution in [0.25, 0.3) is 0 Å². The van der Waals surface area contributed by atoms with Crippen molar-refractivity contribution in [3.8, 4) is 0 Å². The van der Waals surface area contributed by atoms with Gasteiger partial charge in [0.2, 0.25) is 0 Å². The van der Waals surface area contributed by atoms with Gasteiger partial charge in [0.15, 0.2) is 0 Å². The topological polar surface area (TPSA) is 37.6 Å². The maximum absolute atomic E-state index is 5.81. The maximum atomic E-state index is 5.81. The molecule has 0 unspecified atom stereocenters. The van der Waals surface area contributed by atoms with Crippen LogP contribution >= 0.6 is 0 Å². The van der Waals surface area contributed by atoms with E-state index in [2.05, 4.69) is 44.1 Å². The van der Waals surface area contributed by atoms with Crippen LogP contribution in [-0.4, -0.2) is 37.7 Å². The molecule has 0 aliphatic heterocycles. The van der Waals surface area contributed by atoms with E-state index in [-0.39, 0.29) is 5.54 Å². The second-order valence-corrected chi connectivity index (χ2v) is 6.13. The Morgan fingerprint density at radius 3 is 2.63 bits per heavy atom. The summed E-state index contributed by atoms with van der Waals surface area (Å²) in [6.07, 6.45) is 0. The van der Waals surface area contributed by atoms with Crippen molar-refractivity contribution in [2.24, 2.45) is 0 Å². The zero-order chi connectivity index (χ0) is 14.5. The van der Waals surface area contributed by atoms with Crippen LogP contribution in [0.15, 0.2) is 10.5 Å². The number of rotatable bonds is 7. The van der Waals surface area contributed by atoms with Gasteiger partial charge in [-0.05, 0) is 40.8 Å². The lowest BCUT2D eigenvalue weighted by Crippen LogP contribution is -2.35. The van der Waals surface area contributed by atoms with Crippen LogP contribution in [0.2, 0.25) is 0 Å². The lowest BCUT2D eigenvalue weighted by molar-refractivity contribution is 0.154. The third-order valence-electron chi connectivity index (χ3n) is 2.98. The quantitative estimate of drug-likeness (QED) is 0.824. The highest BCUT2D eigenvalue weighted by molar-refractivity contribution is 5.20. The van der Waals surface area contributed by atoms with Gasteiger partial charge >= 0.3 is 0 Å². The van der Waals surface area contributed by atoms with Gasteiger partial charge in [-0.2, -0.15) is 0 Å². The summed E-state index contributed by atoms with van der Waals surface area (Å²) in [5, 5.41) is 3.49. The van der Waals surface area contributed by atoms with Crippen molar-refractivity contribution in [3.63, 3.8) is 0 Å². The smallest absolute Gasteiger partial charge is 0.118 e. The zero-order valence-electron chi connectivity index (χ0n) is 13.2. The lowest BCUT2D eigenvalue weighted by atomic mass is 10.1. The minimum absolute atomic E-state index is 0.124. The molecule has 0 saturated heterocycles. The molecule has 0 atom stereocenters. The Labute approximate surface area is 117 Å². The van der Waals surface area contributed by atoms with Crippen LogP contribution in [0.1, 0.15) is 37.9 Å². The van der Waals surface area contributed by atoms with E-state index in [4.69, 9.17) is 9.15 Å². The molecule has 0 bridgehead atoms. The second-order valence-electron chi connectivity index (χ2n) is 6.13. The van der Waals surface area contributed by atoms with Crippen LogP contribution in [0.3, 0.4) is 0 Å². The van der Waals surface area contributed by atoms with E-state index in [1.54, 1.807) is 7.11 Å². The number of ether oxygens (including phenoxy) is 1. The Morgan fingerprint density at radius 2 is 2.05 bits per heavy atom. The number of nitrogens with one attached hydrogen (secondary N) is 1. The maximum Gasteiger partial charge on any atom is 0.118 e. The molecular weight excluding hydrogens is 240 g/mol. The van der Waals surface area contributed by atoms with Gasteiger partial charge in [0, 0.05) is 31.3 Å². The molecule has 4 heteroatoms. The summed E-state index contributed by atoms with van der Waals surface area (Å²) in [4.78, 5) is 2.20. The standard InChI is InChI=1S/C15H28N2O2/c1-12-13(10-16-15(2,3)4)9-14(19-12)11-17(5)7-8-18-6/h9,16H,7-8,10-11H2,1-6H3. The molecule has 0 aliphatic rings. The number of hydrogen-bond donors (Lipinski definition) is 1. The Hall–Kier alpha value is -0.840. The molecule has 1 heterocycles. The molecule has 1 aromatic heterocycles. The number of hydrogen-bond acceptors (Lipinski definition) is 4. The molecule has 0 amide bonds. The van der Waals surface area contributed by atoms with E-state index in [1.807, 2.05) is 6.92 Å². The van der Waals surface area contributed by atoms with Gasteiger partial charge in [-0.3, -0.25) is 4.90 Å². The number of nitrogens with zero attached hydrogens (tertiary/aromatic N) is 1. The molecule has 4 nitrogen and oxygen atoms in total. The second kappa shape index (κ2) is 7.08. The first-order chi connectivity index (χ1) is 8.81. The van der Waals surface area contributed by atoms with E-state index < -0.39 is 0 Å². The fourth-order valence-corrected chi connectivity index (χ4v) is 1.79. The van der Waals surface area contributed by atoms with E-state index in [0.29, 0.717) is 0 Å². The fourth-order valence-electron chi connectivity index (χ4n) is 1.79. The van der Waals surface area contributed by atoms with Crippen molar-refractivity contribution in [2.45, 2.75) is 46.3 Å². The van der Waals surface area contributed by atoms with Crippen LogP contribution in [-0.2, 0) is 17.8 Å².